The van der Waals surface area contributed by atoms with E-state index in [9.17, 15) is 8.42 Å². The number of aliphatic hydroxyl groups is 1. The molecule has 108 valence electrons. The summed E-state index contributed by atoms with van der Waals surface area (Å²) in [6.45, 7) is 0.703. The van der Waals surface area contributed by atoms with Gasteiger partial charge in [-0.1, -0.05) is 17.3 Å². The summed E-state index contributed by atoms with van der Waals surface area (Å²) >= 11 is 0. The van der Waals surface area contributed by atoms with E-state index < -0.39 is 10.0 Å². The summed E-state index contributed by atoms with van der Waals surface area (Å²) in [6.07, 6.45) is 3.71. The third-order valence-corrected chi connectivity index (χ3v) is 4.22. The summed E-state index contributed by atoms with van der Waals surface area (Å²) in [7, 11) is -3.52. The zero-order valence-corrected chi connectivity index (χ0v) is 11.6. The van der Waals surface area contributed by atoms with Gasteiger partial charge in [0, 0.05) is 19.3 Å². The Labute approximate surface area is 117 Å². The molecule has 0 aliphatic heterocycles. The van der Waals surface area contributed by atoms with Crippen molar-refractivity contribution < 1.29 is 13.5 Å². The maximum Gasteiger partial charge on any atom is 0.240 e. The third-order valence-electron chi connectivity index (χ3n) is 2.74. The number of nitrogens with zero attached hydrogens (tertiary/aromatic N) is 3. The van der Waals surface area contributed by atoms with Gasteiger partial charge in [0.1, 0.15) is 0 Å². The molecule has 0 aliphatic rings. The number of benzene rings is 1. The number of aromatic nitrogens is 3. The Kier molecular flexibility index (Phi) is 4.83. The minimum atomic E-state index is -3.52. The molecule has 2 rings (SSSR count). The molecule has 0 saturated carbocycles. The molecule has 0 unspecified atom stereocenters. The molecule has 1 aromatic carbocycles. The van der Waals surface area contributed by atoms with Gasteiger partial charge in [-0.15, -0.1) is 5.10 Å². The predicted octanol–water partition coefficient (Wildman–Crippen LogP) is -0.209. The van der Waals surface area contributed by atoms with Crippen LogP contribution in [0, 0.1) is 0 Å². The molecule has 0 amide bonds. The monoisotopic (exact) mass is 296 g/mol. The van der Waals surface area contributed by atoms with E-state index in [4.69, 9.17) is 5.11 Å². The smallest absolute Gasteiger partial charge is 0.240 e. The lowest BCUT2D eigenvalue weighted by Crippen LogP contribution is -2.27. The van der Waals surface area contributed by atoms with Crippen LogP contribution in [0.4, 0.5) is 0 Å². The minimum Gasteiger partial charge on any atom is -0.396 e. The molecule has 0 bridgehead atoms. The highest BCUT2D eigenvalue weighted by Crippen LogP contribution is 2.10. The standard InChI is InChI=1S/C12H16N4O3S/c17-10-5-11-1-3-12(4-2-11)20(18,19)14-7-9-16-8-6-13-15-16/h1-4,6,8,14,17H,5,7,9-10H2. The molecule has 1 heterocycles. The average molecular weight is 296 g/mol. The first-order chi connectivity index (χ1) is 9.62. The number of sulfonamides is 1. The van der Waals surface area contributed by atoms with Crippen molar-refractivity contribution in [1.29, 1.82) is 0 Å². The molecule has 0 radical (unpaired) electrons. The summed E-state index contributed by atoms with van der Waals surface area (Å²) in [5, 5.41) is 16.2. The van der Waals surface area contributed by atoms with E-state index in [-0.39, 0.29) is 18.0 Å². The lowest BCUT2D eigenvalue weighted by atomic mass is 10.2. The van der Waals surface area contributed by atoms with Gasteiger partial charge in [0.2, 0.25) is 10.0 Å². The molecule has 8 heteroatoms. The van der Waals surface area contributed by atoms with E-state index in [1.54, 1.807) is 23.0 Å². The van der Waals surface area contributed by atoms with Crippen molar-refractivity contribution in [3.05, 3.63) is 42.2 Å². The molecular weight excluding hydrogens is 280 g/mol. The van der Waals surface area contributed by atoms with Crippen LogP contribution in [-0.2, 0) is 23.0 Å². The van der Waals surface area contributed by atoms with Crippen molar-refractivity contribution in [3.8, 4) is 0 Å². The van der Waals surface area contributed by atoms with Gasteiger partial charge >= 0.3 is 0 Å². The second-order valence-corrected chi connectivity index (χ2v) is 5.95. The number of rotatable bonds is 7. The van der Waals surface area contributed by atoms with Crippen LogP contribution in [0.3, 0.4) is 0 Å². The predicted molar refractivity (Wildman–Crippen MR) is 72.4 cm³/mol. The molecule has 7 nitrogen and oxygen atoms in total. The van der Waals surface area contributed by atoms with Gasteiger partial charge < -0.3 is 5.11 Å². The van der Waals surface area contributed by atoms with Crippen LogP contribution in [0.15, 0.2) is 41.6 Å². The Morgan fingerprint density at radius 3 is 2.60 bits per heavy atom. The van der Waals surface area contributed by atoms with Crippen molar-refractivity contribution in [2.24, 2.45) is 0 Å². The fourth-order valence-corrected chi connectivity index (χ4v) is 2.72. The Morgan fingerprint density at radius 1 is 1.25 bits per heavy atom. The second-order valence-electron chi connectivity index (χ2n) is 4.18. The van der Waals surface area contributed by atoms with Gasteiger partial charge in [0.05, 0.1) is 17.6 Å². The van der Waals surface area contributed by atoms with E-state index in [2.05, 4.69) is 15.0 Å². The maximum absolute atomic E-state index is 12.0. The summed E-state index contributed by atoms with van der Waals surface area (Å²) in [6, 6.07) is 6.45. The maximum atomic E-state index is 12.0. The van der Waals surface area contributed by atoms with Crippen LogP contribution >= 0.6 is 0 Å². The third kappa shape index (κ3) is 3.86. The van der Waals surface area contributed by atoms with Crippen molar-refractivity contribution in [2.75, 3.05) is 13.2 Å². The Hall–Kier alpha value is -1.77. The summed E-state index contributed by atoms with van der Waals surface area (Å²) in [5.74, 6) is 0. The summed E-state index contributed by atoms with van der Waals surface area (Å²) in [4.78, 5) is 0.206. The van der Waals surface area contributed by atoms with Crippen molar-refractivity contribution >= 4 is 10.0 Å². The van der Waals surface area contributed by atoms with E-state index >= 15 is 0 Å². The number of hydrogen-bond donors (Lipinski definition) is 2. The molecule has 0 fully saturated rings. The van der Waals surface area contributed by atoms with Crippen molar-refractivity contribution in [2.45, 2.75) is 17.9 Å². The lowest BCUT2D eigenvalue weighted by Gasteiger charge is -2.07. The number of hydrogen-bond acceptors (Lipinski definition) is 5. The molecule has 2 aromatic rings. The molecule has 20 heavy (non-hydrogen) atoms. The van der Waals surface area contributed by atoms with Crippen LogP contribution in [0.25, 0.3) is 0 Å². The van der Waals surface area contributed by atoms with Crippen LogP contribution in [0.2, 0.25) is 0 Å². The van der Waals surface area contributed by atoms with Crippen LogP contribution in [0.1, 0.15) is 5.56 Å². The molecule has 0 atom stereocenters. The van der Waals surface area contributed by atoms with E-state index in [0.717, 1.165) is 5.56 Å². The highest BCUT2D eigenvalue weighted by Gasteiger charge is 2.12. The van der Waals surface area contributed by atoms with Gasteiger partial charge in [-0.25, -0.2) is 13.1 Å². The number of nitrogens with one attached hydrogen (secondary N) is 1. The van der Waals surface area contributed by atoms with Crippen molar-refractivity contribution in [3.63, 3.8) is 0 Å². The van der Waals surface area contributed by atoms with E-state index in [1.807, 2.05) is 0 Å². The molecular formula is C12H16N4O3S. The van der Waals surface area contributed by atoms with Gasteiger partial charge in [0.25, 0.3) is 0 Å². The normalized spacial score (nSPS) is 11.7. The summed E-state index contributed by atoms with van der Waals surface area (Å²) < 4.78 is 28.1. The summed E-state index contributed by atoms with van der Waals surface area (Å²) in [5.41, 5.74) is 0.897. The van der Waals surface area contributed by atoms with Crippen LogP contribution in [-0.4, -0.2) is 41.7 Å². The zero-order valence-electron chi connectivity index (χ0n) is 10.8. The van der Waals surface area contributed by atoms with Gasteiger partial charge in [-0.05, 0) is 24.1 Å². The first-order valence-electron chi connectivity index (χ1n) is 6.15. The molecule has 1 aromatic heterocycles. The Morgan fingerprint density at radius 2 is 2.00 bits per heavy atom. The average Bonchev–Trinajstić information content (AvgIpc) is 2.93. The van der Waals surface area contributed by atoms with E-state index in [1.165, 1.54) is 18.3 Å². The second kappa shape index (κ2) is 6.60. The van der Waals surface area contributed by atoms with E-state index in [0.29, 0.717) is 13.0 Å². The molecule has 0 spiro atoms. The Balaban J connectivity index is 1.95. The minimum absolute atomic E-state index is 0.0439. The fourth-order valence-electron chi connectivity index (χ4n) is 1.69. The first-order valence-corrected chi connectivity index (χ1v) is 7.64. The quantitative estimate of drug-likeness (QED) is 0.737. The van der Waals surface area contributed by atoms with Crippen LogP contribution < -0.4 is 4.72 Å². The van der Waals surface area contributed by atoms with Gasteiger partial charge in [-0.2, -0.15) is 0 Å². The highest BCUT2D eigenvalue weighted by molar-refractivity contribution is 7.89. The fraction of sp³-hybridized carbons (Fsp3) is 0.333. The van der Waals surface area contributed by atoms with Crippen molar-refractivity contribution in [1.82, 2.24) is 19.7 Å². The van der Waals surface area contributed by atoms with Crippen LogP contribution in [0.5, 0.6) is 0 Å². The Bertz CT molecular complexity index is 623. The molecule has 2 N–H and O–H groups in total. The number of aliphatic hydroxyl groups excluding tert-OH is 1. The van der Waals surface area contributed by atoms with Gasteiger partial charge in [-0.3, -0.25) is 4.68 Å². The lowest BCUT2D eigenvalue weighted by molar-refractivity contribution is 0.299. The molecule has 0 aliphatic carbocycles. The largest absolute Gasteiger partial charge is 0.396 e. The highest BCUT2D eigenvalue weighted by atomic mass is 32.2. The zero-order chi connectivity index (χ0) is 14.4. The topological polar surface area (TPSA) is 97.1 Å². The molecule has 0 saturated heterocycles. The first kappa shape index (κ1) is 14.6. The SMILES string of the molecule is O=S(=O)(NCCn1ccnn1)c1ccc(CCO)cc1. The van der Waals surface area contributed by atoms with Gasteiger partial charge in [0.15, 0.2) is 0 Å².